The van der Waals surface area contributed by atoms with Crippen LogP contribution in [0.15, 0.2) is 59.6 Å². The summed E-state index contributed by atoms with van der Waals surface area (Å²) < 4.78 is 0. The van der Waals surface area contributed by atoms with Crippen molar-refractivity contribution in [2.45, 2.75) is 6.54 Å². The monoisotopic (exact) mass is 225 g/mol. The molecule has 0 unspecified atom stereocenters. The van der Waals surface area contributed by atoms with Crippen molar-refractivity contribution in [3.05, 3.63) is 60.2 Å². The SMILES string of the molecule is NC(N)=NCc1ccccc1-c1ccccc1. The molecule has 0 saturated carbocycles. The molecule has 0 aliphatic rings. The molecule has 0 saturated heterocycles. The van der Waals surface area contributed by atoms with Crippen LogP contribution in [-0.2, 0) is 6.54 Å². The highest BCUT2D eigenvalue weighted by Crippen LogP contribution is 2.23. The minimum atomic E-state index is 0.118. The fraction of sp³-hybridized carbons (Fsp3) is 0.0714. The number of nitrogens with two attached hydrogens (primary N) is 2. The normalized spacial score (nSPS) is 9.88. The summed E-state index contributed by atoms with van der Waals surface area (Å²) in [5.74, 6) is 0.118. The van der Waals surface area contributed by atoms with Crippen LogP contribution in [-0.4, -0.2) is 5.96 Å². The Hall–Kier alpha value is -2.29. The molecule has 0 atom stereocenters. The first kappa shape index (κ1) is 11.2. The third-order valence-electron chi connectivity index (χ3n) is 2.53. The highest BCUT2D eigenvalue weighted by atomic mass is 15.0. The molecule has 0 amide bonds. The summed E-state index contributed by atoms with van der Waals surface area (Å²) in [4.78, 5) is 4.05. The summed E-state index contributed by atoms with van der Waals surface area (Å²) in [6, 6.07) is 18.3. The van der Waals surface area contributed by atoms with E-state index in [1.54, 1.807) is 0 Å². The van der Waals surface area contributed by atoms with E-state index < -0.39 is 0 Å². The lowest BCUT2D eigenvalue weighted by atomic mass is 10.00. The average molecular weight is 225 g/mol. The maximum Gasteiger partial charge on any atom is 0.186 e. The number of guanidine groups is 1. The van der Waals surface area contributed by atoms with Crippen LogP contribution < -0.4 is 11.5 Å². The molecule has 0 aliphatic heterocycles. The van der Waals surface area contributed by atoms with Crippen LogP contribution in [0.1, 0.15) is 5.56 Å². The Bertz CT molecular complexity index is 514. The smallest absolute Gasteiger partial charge is 0.186 e. The van der Waals surface area contributed by atoms with E-state index in [0.717, 1.165) is 11.1 Å². The van der Waals surface area contributed by atoms with E-state index in [-0.39, 0.29) is 5.96 Å². The van der Waals surface area contributed by atoms with Crippen LogP contribution in [0.5, 0.6) is 0 Å². The van der Waals surface area contributed by atoms with Crippen LogP contribution >= 0.6 is 0 Å². The van der Waals surface area contributed by atoms with E-state index in [1.165, 1.54) is 5.56 Å². The fourth-order valence-corrected chi connectivity index (χ4v) is 1.73. The van der Waals surface area contributed by atoms with Crippen LogP contribution in [0, 0.1) is 0 Å². The van der Waals surface area contributed by atoms with Gasteiger partial charge in [0.25, 0.3) is 0 Å². The summed E-state index contributed by atoms with van der Waals surface area (Å²) in [6.07, 6.45) is 0. The highest BCUT2D eigenvalue weighted by Gasteiger charge is 2.02. The van der Waals surface area contributed by atoms with Gasteiger partial charge in [0.15, 0.2) is 5.96 Å². The molecule has 3 heteroatoms. The maximum atomic E-state index is 5.36. The molecule has 0 aliphatic carbocycles. The standard InChI is InChI=1S/C14H15N3/c15-14(16)17-10-12-8-4-5-9-13(12)11-6-2-1-3-7-11/h1-9H,10H2,(H4,15,16,17). The Morgan fingerprint density at radius 2 is 1.53 bits per heavy atom. The molecule has 17 heavy (non-hydrogen) atoms. The van der Waals surface area contributed by atoms with Crippen molar-refractivity contribution < 1.29 is 0 Å². The second-order valence-electron chi connectivity index (χ2n) is 3.76. The molecule has 4 N–H and O–H groups in total. The third kappa shape index (κ3) is 2.84. The minimum absolute atomic E-state index is 0.118. The first-order valence-corrected chi connectivity index (χ1v) is 5.46. The van der Waals surface area contributed by atoms with E-state index >= 15 is 0 Å². The zero-order chi connectivity index (χ0) is 12.1. The zero-order valence-corrected chi connectivity index (χ0v) is 9.51. The summed E-state index contributed by atoms with van der Waals surface area (Å²) >= 11 is 0. The summed E-state index contributed by atoms with van der Waals surface area (Å²) in [6.45, 7) is 0.507. The second-order valence-corrected chi connectivity index (χ2v) is 3.76. The van der Waals surface area contributed by atoms with Gasteiger partial charge < -0.3 is 11.5 Å². The van der Waals surface area contributed by atoms with Crippen molar-refractivity contribution in [1.82, 2.24) is 0 Å². The third-order valence-corrected chi connectivity index (χ3v) is 2.53. The largest absolute Gasteiger partial charge is 0.370 e. The summed E-state index contributed by atoms with van der Waals surface area (Å²) in [7, 11) is 0. The van der Waals surface area contributed by atoms with Gasteiger partial charge in [-0.2, -0.15) is 0 Å². The molecular weight excluding hydrogens is 210 g/mol. The van der Waals surface area contributed by atoms with Gasteiger partial charge in [0.1, 0.15) is 0 Å². The number of nitrogens with zero attached hydrogens (tertiary/aromatic N) is 1. The molecule has 2 rings (SSSR count). The molecule has 0 aromatic heterocycles. The van der Waals surface area contributed by atoms with Gasteiger partial charge in [0.2, 0.25) is 0 Å². The van der Waals surface area contributed by atoms with Crippen molar-refractivity contribution in [3.8, 4) is 11.1 Å². The van der Waals surface area contributed by atoms with Crippen molar-refractivity contribution >= 4 is 5.96 Å². The number of hydrogen-bond acceptors (Lipinski definition) is 1. The lowest BCUT2D eigenvalue weighted by Gasteiger charge is -2.07. The van der Waals surface area contributed by atoms with Gasteiger partial charge in [0, 0.05) is 0 Å². The molecule has 0 fully saturated rings. The Kier molecular flexibility index (Phi) is 3.40. The second kappa shape index (κ2) is 5.16. The first-order valence-electron chi connectivity index (χ1n) is 5.46. The van der Waals surface area contributed by atoms with Gasteiger partial charge in [-0.15, -0.1) is 0 Å². The van der Waals surface area contributed by atoms with Gasteiger partial charge in [-0.05, 0) is 16.7 Å². The number of hydrogen-bond donors (Lipinski definition) is 2. The molecule has 2 aromatic carbocycles. The molecular formula is C14H15N3. The van der Waals surface area contributed by atoms with Crippen molar-refractivity contribution in [2.75, 3.05) is 0 Å². The van der Waals surface area contributed by atoms with Crippen molar-refractivity contribution in [3.63, 3.8) is 0 Å². The number of aliphatic imine (C=N–C) groups is 1. The average Bonchev–Trinajstić information content (AvgIpc) is 2.38. The Labute approximate surface area is 101 Å². The van der Waals surface area contributed by atoms with Gasteiger partial charge in [-0.25, -0.2) is 4.99 Å². The van der Waals surface area contributed by atoms with Gasteiger partial charge in [0.05, 0.1) is 6.54 Å². The van der Waals surface area contributed by atoms with E-state index in [9.17, 15) is 0 Å². The lowest BCUT2D eigenvalue weighted by Crippen LogP contribution is -2.22. The maximum absolute atomic E-state index is 5.36. The molecule has 86 valence electrons. The van der Waals surface area contributed by atoms with Gasteiger partial charge >= 0.3 is 0 Å². The predicted molar refractivity (Wildman–Crippen MR) is 71.4 cm³/mol. The van der Waals surface area contributed by atoms with Gasteiger partial charge in [-0.3, -0.25) is 0 Å². The van der Waals surface area contributed by atoms with Crippen LogP contribution in [0.2, 0.25) is 0 Å². The quantitative estimate of drug-likeness (QED) is 0.620. The Balaban J connectivity index is 2.38. The zero-order valence-electron chi connectivity index (χ0n) is 9.51. The topological polar surface area (TPSA) is 64.4 Å². The first-order chi connectivity index (χ1) is 8.27. The van der Waals surface area contributed by atoms with Crippen molar-refractivity contribution in [2.24, 2.45) is 16.5 Å². The van der Waals surface area contributed by atoms with E-state index in [0.29, 0.717) is 6.54 Å². The van der Waals surface area contributed by atoms with E-state index in [1.807, 2.05) is 36.4 Å². The predicted octanol–water partition coefficient (Wildman–Crippen LogP) is 2.13. The highest BCUT2D eigenvalue weighted by molar-refractivity contribution is 5.76. The van der Waals surface area contributed by atoms with Crippen molar-refractivity contribution in [1.29, 1.82) is 0 Å². The Morgan fingerprint density at radius 3 is 2.24 bits per heavy atom. The lowest BCUT2D eigenvalue weighted by molar-refractivity contribution is 1.06. The molecule has 0 spiro atoms. The van der Waals surface area contributed by atoms with Crippen LogP contribution in [0.3, 0.4) is 0 Å². The van der Waals surface area contributed by atoms with Gasteiger partial charge in [-0.1, -0.05) is 54.6 Å². The number of rotatable bonds is 3. The summed E-state index contributed by atoms with van der Waals surface area (Å²) in [5, 5.41) is 0. The van der Waals surface area contributed by atoms with Crippen LogP contribution in [0.4, 0.5) is 0 Å². The number of benzene rings is 2. The molecule has 0 bridgehead atoms. The molecule has 0 radical (unpaired) electrons. The Morgan fingerprint density at radius 1 is 0.882 bits per heavy atom. The molecule has 3 nitrogen and oxygen atoms in total. The fourth-order valence-electron chi connectivity index (χ4n) is 1.73. The van der Waals surface area contributed by atoms with E-state index in [4.69, 9.17) is 11.5 Å². The van der Waals surface area contributed by atoms with E-state index in [2.05, 4.69) is 23.2 Å². The van der Waals surface area contributed by atoms with Crippen LogP contribution in [0.25, 0.3) is 11.1 Å². The minimum Gasteiger partial charge on any atom is -0.370 e. The molecule has 2 aromatic rings. The molecule has 0 heterocycles. The summed E-state index contributed by atoms with van der Waals surface area (Å²) in [5.41, 5.74) is 14.2.